The standard InChI is InChI=1S/C10H7FO3S/c11-9-5-1-4-8-7(9)3-2-6-10(8)15(12,13)14/h1-6H,(H,12,13,14). The number of rotatable bonds is 1. The minimum absolute atomic E-state index is 0.174. The van der Waals surface area contributed by atoms with Crippen molar-refractivity contribution in [3.63, 3.8) is 0 Å². The fourth-order valence-electron chi connectivity index (χ4n) is 1.47. The first-order chi connectivity index (χ1) is 7.00. The van der Waals surface area contributed by atoms with Crippen LogP contribution in [0.3, 0.4) is 0 Å². The van der Waals surface area contributed by atoms with Crippen molar-refractivity contribution in [1.29, 1.82) is 0 Å². The van der Waals surface area contributed by atoms with Gasteiger partial charge in [-0.05, 0) is 12.1 Å². The van der Waals surface area contributed by atoms with E-state index >= 15 is 0 Å². The molecule has 0 radical (unpaired) electrons. The van der Waals surface area contributed by atoms with Crippen LogP contribution in [-0.4, -0.2) is 13.0 Å². The highest BCUT2D eigenvalue weighted by molar-refractivity contribution is 7.86. The van der Waals surface area contributed by atoms with Gasteiger partial charge in [-0.1, -0.05) is 24.3 Å². The van der Waals surface area contributed by atoms with E-state index < -0.39 is 15.9 Å². The van der Waals surface area contributed by atoms with Crippen LogP contribution in [-0.2, 0) is 10.1 Å². The first-order valence-electron chi connectivity index (χ1n) is 4.15. The van der Waals surface area contributed by atoms with Gasteiger partial charge in [0.25, 0.3) is 10.1 Å². The molecule has 0 heterocycles. The maximum absolute atomic E-state index is 13.3. The van der Waals surface area contributed by atoms with Crippen molar-refractivity contribution in [2.75, 3.05) is 0 Å². The third-order valence-corrected chi connectivity index (χ3v) is 3.02. The lowest BCUT2D eigenvalue weighted by Crippen LogP contribution is -1.99. The fourth-order valence-corrected chi connectivity index (χ4v) is 2.17. The molecule has 3 nitrogen and oxygen atoms in total. The summed E-state index contributed by atoms with van der Waals surface area (Å²) in [5.74, 6) is -0.516. The summed E-state index contributed by atoms with van der Waals surface area (Å²) in [5, 5.41) is 0.354. The first-order valence-corrected chi connectivity index (χ1v) is 5.59. The zero-order chi connectivity index (χ0) is 11.1. The Morgan fingerprint density at radius 1 is 1.00 bits per heavy atom. The van der Waals surface area contributed by atoms with E-state index in [1.807, 2.05) is 0 Å². The smallest absolute Gasteiger partial charge is 0.282 e. The van der Waals surface area contributed by atoms with Crippen molar-refractivity contribution >= 4 is 20.9 Å². The monoisotopic (exact) mass is 226 g/mol. The largest absolute Gasteiger partial charge is 0.295 e. The van der Waals surface area contributed by atoms with Crippen molar-refractivity contribution in [2.24, 2.45) is 0 Å². The molecular weight excluding hydrogens is 219 g/mol. The Bertz CT molecular complexity index is 620. The van der Waals surface area contributed by atoms with E-state index in [4.69, 9.17) is 4.55 Å². The van der Waals surface area contributed by atoms with Crippen molar-refractivity contribution in [1.82, 2.24) is 0 Å². The Morgan fingerprint density at radius 3 is 2.27 bits per heavy atom. The average Bonchev–Trinajstić information content (AvgIpc) is 2.16. The average molecular weight is 226 g/mol. The van der Waals surface area contributed by atoms with Gasteiger partial charge in [-0.25, -0.2) is 4.39 Å². The second-order valence-corrected chi connectivity index (χ2v) is 4.46. The molecule has 0 aliphatic heterocycles. The highest BCUT2D eigenvalue weighted by Gasteiger charge is 2.14. The molecule has 2 aromatic carbocycles. The number of hydrogen-bond acceptors (Lipinski definition) is 2. The van der Waals surface area contributed by atoms with Gasteiger partial charge in [-0.15, -0.1) is 0 Å². The van der Waals surface area contributed by atoms with Crippen LogP contribution < -0.4 is 0 Å². The number of hydrogen-bond donors (Lipinski definition) is 1. The van der Waals surface area contributed by atoms with Crippen LogP contribution in [0.5, 0.6) is 0 Å². The van der Waals surface area contributed by atoms with Gasteiger partial charge in [0.1, 0.15) is 10.7 Å². The van der Waals surface area contributed by atoms with Gasteiger partial charge in [-0.3, -0.25) is 4.55 Å². The van der Waals surface area contributed by atoms with Crippen LogP contribution >= 0.6 is 0 Å². The summed E-state index contributed by atoms with van der Waals surface area (Å²) < 4.78 is 44.2. The SMILES string of the molecule is O=S(=O)(O)c1cccc2c(F)cccc12. The zero-order valence-electron chi connectivity index (χ0n) is 7.51. The third-order valence-electron chi connectivity index (χ3n) is 2.11. The van der Waals surface area contributed by atoms with E-state index in [0.717, 1.165) is 0 Å². The molecule has 1 N–H and O–H groups in total. The molecule has 0 bridgehead atoms. The van der Waals surface area contributed by atoms with E-state index in [-0.39, 0.29) is 15.7 Å². The Balaban J connectivity index is 2.96. The van der Waals surface area contributed by atoms with E-state index in [0.29, 0.717) is 0 Å². The molecule has 0 saturated heterocycles. The van der Waals surface area contributed by atoms with Gasteiger partial charge in [0, 0.05) is 10.8 Å². The summed E-state index contributed by atoms with van der Waals surface area (Å²) in [7, 11) is -4.31. The topological polar surface area (TPSA) is 54.4 Å². The van der Waals surface area contributed by atoms with Crippen LogP contribution in [0.15, 0.2) is 41.3 Å². The maximum Gasteiger partial charge on any atom is 0.295 e. The molecule has 0 atom stereocenters. The summed E-state index contributed by atoms with van der Waals surface area (Å²) in [6, 6.07) is 8.15. The quantitative estimate of drug-likeness (QED) is 0.758. The second kappa shape index (κ2) is 3.29. The molecule has 0 unspecified atom stereocenters. The molecule has 0 aromatic heterocycles. The van der Waals surface area contributed by atoms with Gasteiger partial charge in [0.15, 0.2) is 0 Å². The number of benzene rings is 2. The Morgan fingerprint density at radius 2 is 1.60 bits per heavy atom. The predicted molar refractivity (Wildman–Crippen MR) is 53.7 cm³/mol. The molecule has 2 aromatic rings. The fraction of sp³-hybridized carbons (Fsp3) is 0. The Kier molecular flexibility index (Phi) is 2.21. The van der Waals surface area contributed by atoms with Crippen molar-refractivity contribution in [3.05, 3.63) is 42.2 Å². The van der Waals surface area contributed by atoms with E-state index in [2.05, 4.69) is 0 Å². The lowest BCUT2D eigenvalue weighted by Gasteiger charge is -2.03. The predicted octanol–water partition coefficient (Wildman–Crippen LogP) is 2.23. The molecule has 0 amide bonds. The summed E-state index contributed by atoms with van der Waals surface area (Å²) in [6.45, 7) is 0. The van der Waals surface area contributed by atoms with Crippen LogP contribution in [0.2, 0.25) is 0 Å². The first kappa shape index (κ1) is 10.1. The van der Waals surface area contributed by atoms with E-state index in [9.17, 15) is 12.8 Å². The lowest BCUT2D eigenvalue weighted by atomic mass is 10.1. The van der Waals surface area contributed by atoms with Gasteiger partial charge in [0.05, 0.1) is 0 Å². The van der Waals surface area contributed by atoms with Gasteiger partial charge in [-0.2, -0.15) is 8.42 Å². The maximum atomic E-state index is 13.3. The molecule has 0 saturated carbocycles. The summed E-state index contributed by atoms with van der Waals surface area (Å²) >= 11 is 0. The van der Waals surface area contributed by atoms with E-state index in [1.54, 1.807) is 0 Å². The normalized spacial score (nSPS) is 11.9. The highest BCUT2D eigenvalue weighted by atomic mass is 32.2. The Hall–Kier alpha value is -1.46. The zero-order valence-corrected chi connectivity index (χ0v) is 8.33. The van der Waals surface area contributed by atoms with Crippen LogP contribution in [0.1, 0.15) is 0 Å². The molecule has 2 rings (SSSR count). The Labute approximate surface area is 85.9 Å². The lowest BCUT2D eigenvalue weighted by molar-refractivity contribution is 0.484. The molecule has 78 valence electrons. The summed E-state index contributed by atoms with van der Waals surface area (Å²) in [5.41, 5.74) is 0. The van der Waals surface area contributed by atoms with Crippen molar-refractivity contribution in [2.45, 2.75) is 4.90 Å². The number of fused-ring (bicyclic) bond motifs is 1. The molecule has 0 spiro atoms. The number of halogens is 1. The highest BCUT2D eigenvalue weighted by Crippen LogP contribution is 2.24. The third kappa shape index (κ3) is 1.71. The molecule has 0 aliphatic carbocycles. The van der Waals surface area contributed by atoms with Gasteiger partial charge < -0.3 is 0 Å². The van der Waals surface area contributed by atoms with Crippen LogP contribution in [0, 0.1) is 5.82 Å². The van der Waals surface area contributed by atoms with Crippen LogP contribution in [0.4, 0.5) is 4.39 Å². The summed E-state index contributed by atoms with van der Waals surface area (Å²) in [4.78, 5) is -0.278. The molecule has 0 fully saturated rings. The summed E-state index contributed by atoms with van der Waals surface area (Å²) in [6.07, 6.45) is 0. The minimum Gasteiger partial charge on any atom is -0.282 e. The molecule has 5 heteroatoms. The van der Waals surface area contributed by atoms with E-state index in [1.165, 1.54) is 36.4 Å². The molecule has 0 aliphatic rings. The second-order valence-electron chi connectivity index (χ2n) is 3.07. The van der Waals surface area contributed by atoms with Crippen molar-refractivity contribution < 1.29 is 17.4 Å². The van der Waals surface area contributed by atoms with Gasteiger partial charge in [0.2, 0.25) is 0 Å². The molecular formula is C10H7FO3S. The van der Waals surface area contributed by atoms with Crippen molar-refractivity contribution in [3.8, 4) is 0 Å². The minimum atomic E-state index is -4.31. The molecule has 15 heavy (non-hydrogen) atoms. The van der Waals surface area contributed by atoms with Crippen LogP contribution in [0.25, 0.3) is 10.8 Å². The van der Waals surface area contributed by atoms with Gasteiger partial charge >= 0.3 is 0 Å².